The van der Waals surface area contributed by atoms with Crippen LogP contribution in [0.25, 0.3) is 0 Å². The molecule has 0 aliphatic rings. The van der Waals surface area contributed by atoms with Gasteiger partial charge in [-0.15, -0.1) is 0 Å². The Morgan fingerprint density at radius 3 is 2.09 bits per heavy atom. The Bertz CT molecular complexity index is 593. The number of hydrogen-bond donors (Lipinski definition) is 1. The van der Waals surface area contributed by atoms with Gasteiger partial charge in [0.15, 0.2) is 5.78 Å². The Morgan fingerprint density at radius 2 is 1.50 bits per heavy atom. The summed E-state index contributed by atoms with van der Waals surface area (Å²) in [5.41, 5.74) is 1.26. The first-order chi connectivity index (χ1) is 10.7. The summed E-state index contributed by atoms with van der Waals surface area (Å²) in [6.45, 7) is 1.14. The van der Waals surface area contributed by atoms with E-state index < -0.39 is 0 Å². The molecule has 2 aromatic carbocycles. The first-order valence-corrected chi connectivity index (χ1v) is 7.72. The lowest BCUT2D eigenvalue weighted by Gasteiger charge is -2.07. The minimum atomic E-state index is -0.0228. The van der Waals surface area contributed by atoms with Crippen molar-refractivity contribution in [2.24, 2.45) is 0 Å². The average Bonchev–Trinajstić information content (AvgIpc) is 2.55. The summed E-state index contributed by atoms with van der Waals surface area (Å²) in [6.07, 6.45) is 0. The molecule has 0 unspecified atom stereocenters. The number of aliphatic hydroxyl groups excluding tert-OH is 1. The first kappa shape index (κ1) is 16.7. The van der Waals surface area contributed by atoms with Gasteiger partial charge in [-0.05, 0) is 48.5 Å². The van der Waals surface area contributed by atoms with Gasteiger partial charge < -0.3 is 14.6 Å². The van der Waals surface area contributed by atoms with Crippen LogP contribution in [-0.2, 0) is 4.74 Å². The molecule has 0 aromatic heterocycles. The van der Waals surface area contributed by atoms with Crippen molar-refractivity contribution in [2.45, 2.75) is 0 Å². The number of aliphatic hydroxyl groups is 1. The molecule has 0 aliphatic carbocycles. The standard InChI is InChI=1S/C17H17BrO4/c18-15-5-1-13(2-6-15)17(20)14-3-7-16(8-4-14)22-12-11-21-10-9-19/h1-8,19H,9-12H2. The molecule has 0 atom stereocenters. The summed E-state index contributed by atoms with van der Waals surface area (Å²) in [7, 11) is 0. The molecule has 0 heterocycles. The maximum atomic E-state index is 12.3. The van der Waals surface area contributed by atoms with E-state index in [1.165, 1.54) is 0 Å². The Balaban J connectivity index is 1.91. The summed E-state index contributed by atoms with van der Waals surface area (Å²) in [6, 6.07) is 14.3. The molecule has 0 fully saturated rings. The summed E-state index contributed by atoms with van der Waals surface area (Å²) in [4.78, 5) is 12.3. The van der Waals surface area contributed by atoms with Crippen LogP contribution in [-0.4, -0.2) is 37.3 Å². The molecule has 0 saturated carbocycles. The van der Waals surface area contributed by atoms with Crippen molar-refractivity contribution < 1.29 is 19.4 Å². The molecule has 2 aromatic rings. The van der Waals surface area contributed by atoms with Crippen LogP contribution < -0.4 is 4.74 Å². The van der Waals surface area contributed by atoms with Crippen LogP contribution in [0.3, 0.4) is 0 Å². The van der Waals surface area contributed by atoms with E-state index in [4.69, 9.17) is 14.6 Å². The van der Waals surface area contributed by atoms with Gasteiger partial charge in [0.2, 0.25) is 0 Å². The Kier molecular flexibility index (Phi) is 6.58. The zero-order valence-corrected chi connectivity index (χ0v) is 13.6. The molecule has 1 N–H and O–H groups in total. The van der Waals surface area contributed by atoms with E-state index >= 15 is 0 Å². The highest BCUT2D eigenvalue weighted by Crippen LogP contribution is 2.17. The summed E-state index contributed by atoms with van der Waals surface area (Å²) in [5.74, 6) is 0.658. The summed E-state index contributed by atoms with van der Waals surface area (Å²) < 4.78 is 11.5. The van der Waals surface area contributed by atoms with Crippen molar-refractivity contribution in [3.05, 3.63) is 64.1 Å². The van der Waals surface area contributed by atoms with Crippen LogP contribution in [0.5, 0.6) is 5.75 Å². The number of ether oxygens (including phenoxy) is 2. The SMILES string of the molecule is O=C(c1ccc(Br)cc1)c1ccc(OCCOCCO)cc1. The summed E-state index contributed by atoms with van der Waals surface area (Å²) in [5, 5.41) is 8.57. The number of benzene rings is 2. The third-order valence-electron chi connectivity index (χ3n) is 2.95. The zero-order valence-electron chi connectivity index (χ0n) is 12.0. The second kappa shape index (κ2) is 8.68. The number of rotatable bonds is 8. The molecule has 0 saturated heterocycles. The third kappa shape index (κ3) is 4.94. The number of carbonyl (C=O) groups is 1. The van der Waals surface area contributed by atoms with Crippen LogP contribution >= 0.6 is 15.9 Å². The molecule has 0 spiro atoms. The lowest BCUT2D eigenvalue weighted by Crippen LogP contribution is -2.09. The van der Waals surface area contributed by atoms with E-state index in [1.54, 1.807) is 36.4 Å². The van der Waals surface area contributed by atoms with Gasteiger partial charge in [0.1, 0.15) is 12.4 Å². The average molecular weight is 365 g/mol. The van der Waals surface area contributed by atoms with Crippen molar-refractivity contribution in [3.63, 3.8) is 0 Å². The topological polar surface area (TPSA) is 55.8 Å². The van der Waals surface area contributed by atoms with Gasteiger partial charge in [0.05, 0.1) is 19.8 Å². The Morgan fingerprint density at radius 1 is 0.909 bits per heavy atom. The number of halogens is 1. The monoisotopic (exact) mass is 364 g/mol. The molecule has 2 rings (SSSR count). The van der Waals surface area contributed by atoms with E-state index in [9.17, 15) is 4.79 Å². The molecule has 0 amide bonds. The van der Waals surface area contributed by atoms with Crippen molar-refractivity contribution in [1.82, 2.24) is 0 Å². The van der Waals surface area contributed by atoms with Crippen LogP contribution in [0.2, 0.25) is 0 Å². The van der Waals surface area contributed by atoms with Gasteiger partial charge in [0, 0.05) is 15.6 Å². The van der Waals surface area contributed by atoms with Crippen molar-refractivity contribution in [1.29, 1.82) is 0 Å². The van der Waals surface area contributed by atoms with Crippen molar-refractivity contribution >= 4 is 21.7 Å². The number of carbonyl (C=O) groups excluding carboxylic acids is 1. The Labute approximate surface area is 137 Å². The summed E-state index contributed by atoms with van der Waals surface area (Å²) >= 11 is 3.35. The van der Waals surface area contributed by atoms with E-state index in [0.29, 0.717) is 36.7 Å². The van der Waals surface area contributed by atoms with Crippen molar-refractivity contribution in [3.8, 4) is 5.75 Å². The van der Waals surface area contributed by atoms with Crippen LogP contribution in [0.1, 0.15) is 15.9 Å². The van der Waals surface area contributed by atoms with Gasteiger partial charge in [-0.3, -0.25) is 4.79 Å². The van der Waals surface area contributed by atoms with Gasteiger partial charge in [-0.1, -0.05) is 15.9 Å². The highest BCUT2D eigenvalue weighted by atomic mass is 79.9. The number of hydrogen-bond acceptors (Lipinski definition) is 4. The van der Waals surface area contributed by atoms with Gasteiger partial charge in [-0.25, -0.2) is 0 Å². The van der Waals surface area contributed by atoms with Crippen LogP contribution in [0.4, 0.5) is 0 Å². The fourth-order valence-corrected chi connectivity index (χ4v) is 2.12. The predicted octanol–water partition coefficient (Wildman–Crippen LogP) is 3.07. The van der Waals surface area contributed by atoms with E-state index in [0.717, 1.165) is 4.47 Å². The molecular weight excluding hydrogens is 348 g/mol. The second-order valence-electron chi connectivity index (χ2n) is 4.54. The maximum Gasteiger partial charge on any atom is 0.193 e. The van der Waals surface area contributed by atoms with Crippen LogP contribution in [0.15, 0.2) is 53.0 Å². The van der Waals surface area contributed by atoms with Gasteiger partial charge in [-0.2, -0.15) is 0 Å². The molecule has 4 nitrogen and oxygen atoms in total. The van der Waals surface area contributed by atoms with Crippen molar-refractivity contribution in [2.75, 3.05) is 26.4 Å². The van der Waals surface area contributed by atoms with E-state index in [2.05, 4.69) is 15.9 Å². The highest BCUT2D eigenvalue weighted by molar-refractivity contribution is 9.10. The number of ketones is 1. The highest BCUT2D eigenvalue weighted by Gasteiger charge is 2.08. The Hall–Kier alpha value is -1.69. The molecule has 0 bridgehead atoms. The van der Waals surface area contributed by atoms with E-state index in [1.807, 2.05) is 12.1 Å². The lowest BCUT2D eigenvalue weighted by atomic mass is 10.0. The van der Waals surface area contributed by atoms with Gasteiger partial charge in [0.25, 0.3) is 0 Å². The predicted molar refractivity (Wildman–Crippen MR) is 87.4 cm³/mol. The smallest absolute Gasteiger partial charge is 0.193 e. The largest absolute Gasteiger partial charge is 0.491 e. The molecule has 22 heavy (non-hydrogen) atoms. The maximum absolute atomic E-state index is 12.3. The fourth-order valence-electron chi connectivity index (χ4n) is 1.86. The minimum Gasteiger partial charge on any atom is -0.491 e. The van der Waals surface area contributed by atoms with Crippen LogP contribution in [0, 0.1) is 0 Å². The van der Waals surface area contributed by atoms with Gasteiger partial charge >= 0.3 is 0 Å². The van der Waals surface area contributed by atoms with E-state index in [-0.39, 0.29) is 12.4 Å². The fraction of sp³-hybridized carbons (Fsp3) is 0.235. The lowest BCUT2D eigenvalue weighted by molar-refractivity contribution is 0.0705. The first-order valence-electron chi connectivity index (χ1n) is 6.92. The normalized spacial score (nSPS) is 10.5. The second-order valence-corrected chi connectivity index (χ2v) is 5.46. The quantitative estimate of drug-likeness (QED) is 0.577. The zero-order chi connectivity index (χ0) is 15.8. The third-order valence-corrected chi connectivity index (χ3v) is 3.48. The molecule has 0 aliphatic heterocycles. The molecule has 0 radical (unpaired) electrons. The minimum absolute atomic E-state index is 0.00681. The molecular formula is C17H17BrO4. The molecule has 5 heteroatoms. The molecule has 116 valence electrons.